The molecule has 0 radical (unpaired) electrons. The number of hydrogen-bond donors (Lipinski definition) is 1. The summed E-state index contributed by atoms with van der Waals surface area (Å²) < 4.78 is 46.7. The summed E-state index contributed by atoms with van der Waals surface area (Å²) in [4.78, 5) is 0. The van der Waals surface area contributed by atoms with Crippen LogP contribution in [-0.2, 0) is 19.7 Å². The first kappa shape index (κ1) is 18.9. The van der Waals surface area contributed by atoms with Crippen LogP contribution in [0.15, 0.2) is 0 Å². The largest absolute Gasteiger partial charge is 0.313 e. The molecule has 0 aromatic carbocycles. The van der Waals surface area contributed by atoms with Crippen LogP contribution in [0.2, 0.25) is 0 Å². The quantitative estimate of drug-likeness (QED) is 0.687. The van der Waals surface area contributed by atoms with Crippen molar-refractivity contribution in [2.45, 2.75) is 51.5 Å². The first-order valence-corrected chi connectivity index (χ1v) is 11.7. The summed E-state index contributed by atoms with van der Waals surface area (Å²) in [7, 11) is -6.57. The maximum absolute atomic E-state index is 12.2. The van der Waals surface area contributed by atoms with Crippen molar-refractivity contribution in [2.75, 3.05) is 30.1 Å². The van der Waals surface area contributed by atoms with E-state index in [0.717, 1.165) is 32.1 Å². The molecule has 5 nitrogen and oxygen atoms in total. The van der Waals surface area contributed by atoms with Crippen LogP contribution in [-0.4, -0.2) is 52.9 Å². The van der Waals surface area contributed by atoms with E-state index >= 15 is 0 Å². The Labute approximate surface area is 129 Å². The Hall–Kier alpha value is -0.140. The lowest BCUT2D eigenvalue weighted by Crippen LogP contribution is -2.43. The highest BCUT2D eigenvalue weighted by Crippen LogP contribution is 2.27. The molecule has 1 aliphatic carbocycles. The van der Waals surface area contributed by atoms with Gasteiger partial charge in [-0.3, -0.25) is 0 Å². The summed E-state index contributed by atoms with van der Waals surface area (Å²) in [6.07, 6.45) is 7.75. The highest BCUT2D eigenvalue weighted by molar-refractivity contribution is 7.94. The zero-order chi connectivity index (χ0) is 15.9. The average molecular weight is 340 g/mol. The average Bonchev–Trinajstić information content (AvgIpc) is 2.42. The van der Waals surface area contributed by atoms with Crippen molar-refractivity contribution >= 4 is 19.7 Å². The Morgan fingerprint density at radius 3 is 2.19 bits per heavy atom. The Balaban J connectivity index is 2.65. The van der Waals surface area contributed by atoms with Gasteiger partial charge in [-0.25, -0.2) is 16.8 Å². The zero-order valence-electron chi connectivity index (χ0n) is 13.2. The molecular weight excluding hydrogens is 310 g/mol. The summed E-state index contributed by atoms with van der Waals surface area (Å²) in [5.74, 6) is -0.0744. The topological polar surface area (TPSA) is 80.3 Å². The normalized spacial score (nSPS) is 19.5. The van der Waals surface area contributed by atoms with E-state index in [1.54, 1.807) is 0 Å². The predicted molar refractivity (Wildman–Crippen MR) is 87.0 cm³/mol. The molecule has 0 spiro atoms. The minimum absolute atomic E-state index is 0.0326. The molecule has 1 rings (SSSR count). The second-order valence-electron chi connectivity index (χ2n) is 6.20. The zero-order valence-corrected chi connectivity index (χ0v) is 14.8. The van der Waals surface area contributed by atoms with Crippen molar-refractivity contribution in [3.63, 3.8) is 0 Å². The van der Waals surface area contributed by atoms with Crippen molar-refractivity contribution in [1.82, 2.24) is 5.32 Å². The maximum atomic E-state index is 12.2. The van der Waals surface area contributed by atoms with E-state index in [9.17, 15) is 16.8 Å². The van der Waals surface area contributed by atoms with Gasteiger partial charge in [0.05, 0.1) is 17.3 Å². The number of nitrogens with one attached hydrogen (secondary N) is 1. The van der Waals surface area contributed by atoms with Gasteiger partial charge in [0, 0.05) is 12.3 Å². The van der Waals surface area contributed by atoms with Gasteiger partial charge < -0.3 is 5.32 Å². The van der Waals surface area contributed by atoms with Crippen LogP contribution in [0.25, 0.3) is 0 Å². The van der Waals surface area contributed by atoms with E-state index in [4.69, 9.17) is 0 Å². The van der Waals surface area contributed by atoms with E-state index in [0.29, 0.717) is 5.92 Å². The van der Waals surface area contributed by atoms with Crippen LogP contribution >= 0.6 is 0 Å². The van der Waals surface area contributed by atoms with Gasteiger partial charge in [-0.15, -0.1) is 0 Å². The van der Waals surface area contributed by atoms with Gasteiger partial charge >= 0.3 is 0 Å². The van der Waals surface area contributed by atoms with Gasteiger partial charge in [0.2, 0.25) is 0 Å². The van der Waals surface area contributed by atoms with Crippen molar-refractivity contribution in [2.24, 2.45) is 5.92 Å². The molecule has 1 aliphatic rings. The predicted octanol–water partition coefficient (Wildman–Crippen LogP) is 1.39. The minimum atomic E-state index is -3.34. The van der Waals surface area contributed by atoms with Crippen molar-refractivity contribution in [3.05, 3.63) is 0 Å². The van der Waals surface area contributed by atoms with Gasteiger partial charge in [-0.2, -0.15) is 0 Å². The van der Waals surface area contributed by atoms with Gasteiger partial charge in [0.25, 0.3) is 0 Å². The molecule has 0 heterocycles. The summed E-state index contributed by atoms with van der Waals surface area (Å²) in [5.41, 5.74) is 0. The molecular formula is C14H29NO4S2. The molecule has 0 bridgehead atoms. The molecule has 126 valence electrons. The highest BCUT2D eigenvalue weighted by Gasteiger charge is 2.28. The summed E-state index contributed by atoms with van der Waals surface area (Å²) in [6.45, 7) is 2.87. The van der Waals surface area contributed by atoms with Crippen LogP contribution in [0.4, 0.5) is 0 Å². The molecule has 0 saturated heterocycles. The molecule has 7 heteroatoms. The van der Waals surface area contributed by atoms with Crippen LogP contribution in [0.3, 0.4) is 0 Å². The first-order valence-electron chi connectivity index (χ1n) is 7.85. The Morgan fingerprint density at radius 2 is 1.67 bits per heavy atom. The Kier molecular flexibility index (Phi) is 7.64. The number of rotatable bonds is 9. The monoisotopic (exact) mass is 339 g/mol. The minimum Gasteiger partial charge on any atom is -0.313 e. The second kappa shape index (κ2) is 8.48. The SMILES string of the molecule is CCCNC(CS(=O)(=O)CCS(C)(=O)=O)C1CCCCC1. The summed E-state index contributed by atoms with van der Waals surface area (Å²) in [6, 6.07) is -0.0326. The van der Waals surface area contributed by atoms with E-state index < -0.39 is 19.7 Å². The lowest BCUT2D eigenvalue weighted by molar-refractivity contribution is 0.283. The molecule has 1 unspecified atom stereocenters. The standard InChI is InChI=1S/C14H29NO4S2/c1-3-9-15-14(13-7-5-4-6-8-13)12-21(18,19)11-10-20(2,16)17/h13-15H,3-12H2,1-2H3. The molecule has 21 heavy (non-hydrogen) atoms. The summed E-state index contributed by atoms with van der Waals surface area (Å²) in [5, 5.41) is 3.36. The Bertz CT molecular complexity index is 493. The summed E-state index contributed by atoms with van der Waals surface area (Å²) >= 11 is 0. The fourth-order valence-electron chi connectivity index (χ4n) is 2.86. The van der Waals surface area contributed by atoms with Crippen molar-refractivity contribution in [1.29, 1.82) is 0 Å². The maximum Gasteiger partial charge on any atom is 0.152 e. The second-order valence-corrected chi connectivity index (χ2v) is 10.7. The molecule has 1 saturated carbocycles. The van der Waals surface area contributed by atoms with Crippen molar-refractivity contribution < 1.29 is 16.8 Å². The van der Waals surface area contributed by atoms with E-state index in [2.05, 4.69) is 12.2 Å². The molecule has 0 aliphatic heterocycles. The smallest absolute Gasteiger partial charge is 0.152 e. The van der Waals surface area contributed by atoms with Crippen LogP contribution in [0.5, 0.6) is 0 Å². The lowest BCUT2D eigenvalue weighted by Gasteiger charge is -2.31. The van der Waals surface area contributed by atoms with Gasteiger partial charge in [-0.05, 0) is 31.7 Å². The third-order valence-electron chi connectivity index (χ3n) is 4.07. The molecule has 0 aromatic heterocycles. The fraction of sp³-hybridized carbons (Fsp3) is 1.00. The van der Waals surface area contributed by atoms with Crippen LogP contribution in [0.1, 0.15) is 45.4 Å². The van der Waals surface area contributed by atoms with Gasteiger partial charge in [0.15, 0.2) is 9.84 Å². The third-order valence-corrected chi connectivity index (χ3v) is 6.97. The van der Waals surface area contributed by atoms with Crippen molar-refractivity contribution in [3.8, 4) is 0 Å². The molecule has 1 fully saturated rings. The Morgan fingerprint density at radius 1 is 1.05 bits per heavy atom. The highest BCUT2D eigenvalue weighted by atomic mass is 32.2. The number of hydrogen-bond acceptors (Lipinski definition) is 5. The number of sulfone groups is 2. The molecule has 1 N–H and O–H groups in total. The first-order chi connectivity index (χ1) is 9.73. The van der Waals surface area contributed by atoms with E-state index in [-0.39, 0.29) is 23.3 Å². The molecule has 0 amide bonds. The fourth-order valence-corrected chi connectivity index (χ4v) is 6.19. The van der Waals surface area contributed by atoms with Gasteiger partial charge in [-0.1, -0.05) is 26.2 Å². The van der Waals surface area contributed by atoms with Crippen LogP contribution in [0, 0.1) is 5.92 Å². The van der Waals surface area contributed by atoms with E-state index in [1.807, 2.05) is 0 Å². The molecule has 0 aromatic rings. The lowest BCUT2D eigenvalue weighted by atomic mass is 9.84. The van der Waals surface area contributed by atoms with Crippen LogP contribution < -0.4 is 5.32 Å². The third kappa shape index (κ3) is 8.16. The molecule has 1 atom stereocenters. The van der Waals surface area contributed by atoms with Gasteiger partial charge in [0.1, 0.15) is 9.84 Å². The van der Waals surface area contributed by atoms with E-state index in [1.165, 1.54) is 19.3 Å².